The Bertz CT molecular complexity index is 813. The number of carbonyl (C=O) groups excluding carboxylic acids is 1. The van der Waals surface area contributed by atoms with E-state index in [-0.39, 0.29) is 18.7 Å². The highest BCUT2D eigenvalue weighted by molar-refractivity contribution is 5.94. The Morgan fingerprint density at radius 2 is 1.58 bits per heavy atom. The average molecular weight is 370 g/mol. The Morgan fingerprint density at radius 3 is 2.19 bits per heavy atom. The van der Waals surface area contributed by atoms with Gasteiger partial charge < -0.3 is 9.80 Å². The highest BCUT2D eigenvalue weighted by atomic mass is 19.4. The van der Waals surface area contributed by atoms with Gasteiger partial charge in [-0.25, -0.2) is 8.78 Å². The van der Waals surface area contributed by atoms with Gasteiger partial charge in [-0.05, 0) is 36.4 Å². The fourth-order valence-electron chi connectivity index (χ4n) is 2.86. The van der Waals surface area contributed by atoms with E-state index in [1.54, 1.807) is 11.0 Å². The van der Waals surface area contributed by atoms with Crippen LogP contribution in [-0.2, 0) is 6.18 Å². The minimum Gasteiger partial charge on any atom is -0.368 e. The number of hydrogen-bond donors (Lipinski definition) is 0. The van der Waals surface area contributed by atoms with E-state index < -0.39 is 29.3 Å². The summed E-state index contributed by atoms with van der Waals surface area (Å²) in [6.45, 7) is 1.23. The molecule has 3 nitrogen and oxygen atoms in total. The monoisotopic (exact) mass is 370 g/mol. The number of nitrogens with zero attached hydrogens (tertiary/aromatic N) is 2. The van der Waals surface area contributed by atoms with Crippen LogP contribution in [0.5, 0.6) is 0 Å². The van der Waals surface area contributed by atoms with Gasteiger partial charge in [-0.15, -0.1) is 0 Å². The van der Waals surface area contributed by atoms with Crippen molar-refractivity contribution in [2.75, 3.05) is 31.1 Å². The number of rotatable bonds is 2. The molecule has 0 bridgehead atoms. The van der Waals surface area contributed by atoms with Crippen molar-refractivity contribution in [3.63, 3.8) is 0 Å². The third-order valence-electron chi connectivity index (χ3n) is 4.27. The van der Waals surface area contributed by atoms with Crippen molar-refractivity contribution in [1.29, 1.82) is 0 Å². The van der Waals surface area contributed by atoms with Crippen molar-refractivity contribution in [3.05, 3.63) is 65.2 Å². The summed E-state index contributed by atoms with van der Waals surface area (Å²) >= 11 is 0. The third kappa shape index (κ3) is 3.79. The fourth-order valence-corrected chi connectivity index (χ4v) is 2.86. The number of amides is 1. The number of halogens is 5. The smallest absolute Gasteiger partial charge is 0.368 e. The Balaban J connectivity index is 1.67. The third-order valence-corrected chi connectivity index (χ3v) is 4.27. The molecule has 0 spiro atoms. The van der Waals surface area contributed by atoms with E-state index in [9.17, 15) is 26.7 Å². The largest absolute Gasteiger partial charge is 0.416 e. The van der Waals surface area contributed by atoms with Gasteiger partial charge in [0.15, 0.2) is 11.6 Å². The van der Waals surface area contributed by atoms with Gasteiger partial charge in [-0.2, -0.15) is 13.2 Å². The highest BCUT2D eigenvalue weighted by Gasteiger charge is 2.31. The maximum atomic E-state index is 13.3. The molecule has 26 heavy (non-hydrogen) atoms. The SMILES string of the molecule is O=C(c1ccc(F)c(F)c1)N1CCN(c2cccc(C(F)(F)F)c2)CC1. The van der Waals surface area contributed by atoms with Crippen LogP contribution in [0.2, 0.25) is 0 Å². The van der Waals surface area contributed by atoms with Gasteiger partial charge in [-0.1, -0.05) is 6.07 Å². The summed E-state index contributed by atoms with van der Waals surface area (Å²) in [6.07, 6.45) is -4.42. The lowest BCUT2D eigenvalue weighted by Gasteiger charge is -2.36. The molecule has 0 unspecified atom stereocenters. The Kier molecular flexibility index (Phi) is 4.84. The minimum absolute atomic E-state index is 0.0384. The highest BCUT2D eigenvalue weighted by Crippen LogP contribution is 2.32. The zero-order chi connectivity index (χ0) is 18.9. The predicted molar refractivity (Wildman–Crippen MR) is 85.9 cm³/mol. The molecule has 8 heteroatoms. The second kappa shape index (κ2) is 6.93. The van der Waals surface area contributed by atoms with Crippen LogP contribution in [0.1, 0.15) is 15.9 Å². The lowest BCUT2D eigenvalue weighted by Crippen LogP contribution is -2.48. The van der Waals surface area contributed by atoms with Crippen LogP contribution in [-0.4, -0.2) is 37.0 Å². The summed E-state index contributed by atoms with van der Waals surface area (Å²) in [5.41, 5.74) is -0.258. The quantitative estimate of drug-likeness (QED) is 0.748. The predicted octanol–water partition coefficient (Wildman–Crippen LogP) is 3.95. The van der Waals surface area contributed by atoms with Gasteiger partial charge in [-0.3, -0.25) is 4.79 Å². The van der Waals surface area contributed by atoms with Crippen molar-refractivity contribution in [2.24, 2.45) is 0 Å². The van der Waals surface area contributed by atoms with Crippen LogP contribution in [0.3, 0.4) is 0 Å². The van der Waals surface area contributed by atoms with Gasteiger partial charge in [0.05, 0.1) is 5.56 Å². The summed E-state index contributed by atoms with van der Waals surface area (Å²) in [7, 11) is 0. The maximum Gasteiger partial charge on any atom is 0.416 e. The van der Waals surface area contributed by atoms with Gasteiger partial charge in [0.2, 0.25) is 0 Å². The summed E-state index contributed by atoms with van der Waals surface area (Å²) in [6, 6.07) is 7.95. The van der Waals surface area contributed by atoms with Crippen molar-refractivity contribution in [3.8, 4) is 0 Å². The van der Waals surface area contributed by atoms with E-state index in [1.807, 2.05) is 0 Å². The molecule has 2 aromatic rings. The van der Waals surface area contributed by atoms with Gasteiger partial charge in [0.25, 0.3) is 5.91 Å². The van der Waals surface area contributed by atoms with E-state index in [0.29, 0.717) is 18.8 Å². The summed E-state index contributed by atoms with van der Waals surface area (Å²) in [4.78, 5) is 15.6. The molecule has 0 saturated carbocycles. The van der Waals surface area contributed by atoms with Crippen molar-refractivity contribution in [2.45, 2.75) is 6.18 Å². The molecule has 1 aliphatic rings. The lowest BCUT2D eigenvalue weighted by molar-refractivity contribution is -0.137. The molecule has 0 aliphatic carbocycles. The molecule has 0 N–H and O–H groups in total. The van der Waals surface area contributed by atoms with Crippen LogP contribution in [0.15, 0.2) is 42.5 Å². The van der Waals surface area contributed by atoms with E-state index in [1.165, 1.54) is 17.0 Å². The second-order valence-electron chi connectivity index (χ2n) is 5.96. The molecule has 0 atom stereocenters. The molecule has 138 valence electrons. The van der Waals surface area contributed by atoms with E-state index in [4.69, 9.17) is 0 Å². The first-order chi connectivity index (χ1) is 12.3. The molecule has 1 aliphatic heterocycles. The number of alkyl halides is 3. The molecule has 3 rings (SSSR count). The number of piperazine rings is 1. The van der Waals surface area contributed by atoms with Gasteiger partial charge >= 0.3 is 6.18 Å². The molecular weight excluding hydrogens is 355 g/mol. The van der Waals surface area contributed by atoms with Crippen LogP contribution >= 0.6 is 0 Å². The average Bonchev–Trinajstić information content (AvgIpc) is 2.63. The van der Waals surface area contributed by atoms with Gasteiger partial charge in [0.1, 0.15) is 0 Å². The fraction of sp³-hybridized carbons (Fsp3) is 0.278. The lowest BCUT2D eigenvalue weighted by atomic mass is 10.1. The first-order valence-electron chi connectivity index (χ1n) is 7.92. The van der Waals surface area contributed by atoms with E-state index in [2.05, 4.69) is 0 Å². The van der Waals surface area contributed by atoms with Crippen LogP contribution in [0.4, 0.5) is 27.6 Å². The normalized spacial score (nSPS) is 15.3. The molecule has 2 aromatic carbocycles. The second-order valence-corrected chi connectivity index (χ2v) is 5.96. The van der Waals surface area contributed by atoms with Crippen LogP contribution in [0, 0.1) is 11.6 Å². The first-order valence-corrected chi connectivity index (χ1v) is 7.92. The number of carbonyl (C=O) groups is 1. The molecule has 0 radical (unpaired) electrons. The van der Waals surface area contributed by atoms with Crippen LogP contribution in [0.25, 0.3) is 0 Å². The number of benzene rings is 2. The zero-order valence-electron chi connectivity index (χ0n) is 13.6. The van der Waals surface area contributed by atoms with Crippen molar-refractivity contribution in [1.82, 2.24) is 4.90 Å². The zero-order valence-corrected chi connectivity index (χ0v) is 13.6. The number of hydrogen-bond acceptors (Lipinski definition) is 2. The van der Waals surface area contributed by atoms with Crippen LogP contribution < -0.4 is 4.90 Å². The van der Waals surface area contributed by atoms with E-state index in [0.717, 1.165) is 24.3 Å². The maximum absolute atomic E-state index is 13.3. The van der Waals surface area contributed by atoms with Crippen molar-refractivity contribution < 1.29 is 26.7 Å². The summed E-state index contributed by atoms with van der Waals surface area (Å²) in [5.74, 6) is -2.57. The summed E-state index contributed by atoms with van der Waals surface area (Å²) < 4.78 is 64.7. The van der Waals surface area contributed by atoms with Gasteiger partial charge in [0, 0.05) is 37.4 Å². The van der Waals surface area contributed by atoms with E-state index >= 15 is 0 Å². The minimum atomic E-state index is -4.42. The standard InChI is InChI=1S/C18H15F5N2O/c19-15-5-4-12(10-16(15)20)17(26)25-8-6-24(7-9-25)14-3-1-2-13(11-14)18(21,22)23/h1-5,10-11H,6-9H2. The summed E-state index contributed by atoms with van der Waals surface area (Å²) in [5, 5.41) is 0. The Morgan fingerprint density at radius 1 is 0.885 bits per heavy atom. The number of anilines is 1. The van der Waals surface area contributed by atoms with Crippen molar-refractivity contribution >= 4 is 11.6 Å². The molecule has 1 saturated heterocycles. The molecule has 1 fully saturated rings. The Labute approximate surface area is 146 Å². The topological polar surface area (TPSA) is 23.6 Å². The molecule has 0 aromatic heterocycles. The molecule has 1 amide bonds. The Hall–Kier alpha value is -2.64. The first kappa shape index (κ1) is 18.2. The molecule has 1 heterocycles. The molecular formula is C18H15F5N2O.